The first kappa shape index (κ1) is 19.4. The first-order valence-corrected chi connectivity index (χ1v) is 11.2. The summed E-state index contributed by atoms with van der Waals surface area (Å²) < 4.78 is 33.6. The normalized spacial score (nSPS) is 23.9. The van der Waals surface area contributed by atoms with E-state index in [-0.39, 0.29) is 12.6 Å². The van der Waals surface area contributed by atoms with Crippen LogP contribution in [0.5, 0.6) is 5.75 Å². The van der Waals surface area contributed by atoms with Crippen molar-refractivity contribution in [2.45, 2.75) is 30.7 Å². The highest BCUT2D eigenvalue weighted by Gasteiger charge is 2.46. The largest absolute Gasteiger partial charge is 0.489 e. The zero-order valence-corrected chi connectivity index (χ0v) is 16.8. The van der Waals surface area contributed by atoms with Gasteiger partial charge in [-0.25, -0.2) is 12.7 Å². The molecular weight excluding hydrogens is 376 g/mol. The molecular formula is C21H26N2O4S. The number of ether oxygens (including phenoxy) is 1. The van der Waals surface area contributed by atoms with E-state index < -0.39 is 15.3 Å². The van der Waals surface area contributed by atoms with Crippen LogP contribution in [0.4, 0.5) is 0 Å². The predicted molar refractivity (Wildman–Crippen MR) is 107 cm³/mol. The van der Waals surface area contributed by atoms with Crippen LogP contribution in [-0.4, -0.2) is 49.8 Å². The second-order valence-electron chi connectivity index (χ2n) is 7.32. The van der Waals surface area contributed by atoms with Crippen molar-refractivity contribution in [1.29, 1.82) is 0 Å². The maximum atomic E-state index is 13.1. The number of hydrogen-bond acceptors (Lipinski definition) is 5. The Balaban J connectivity index is 1.48. The van der Waals surface area contributed by atoms with Crippen LogP contribution in [0.1, 0.15) is 30.0 Å². The zero-order valence-electron chi connectivity index (χ0n) is 16.0. The van der Waals surface area contributed by atoms with Crippen molar-refractivity contribution < 1.29 is 18.0 Å². The first-order valence-electron chi connectivity index (χ1n) is 9.67. The molecule has 0 saturated carbocycles. The van der Waals surface area contributed by atoms with E-state index >= 15 is 0 Å². The molecule has 2 heterocycles. The standard InChI is InChI=1S/C21H26N2O4S/c1-22-21(20(16-27-22)28(24,25)23-13-5-6-14-23)18-9-11-19(12-10-18)26-15-17-7-3-2-4-8-17/h2-4,7-12,20-21H,5-6,13-16H2,1H3. The number of nitrogens with zero attached hydrogens (tertiary/aromatic N) is 2. The number of hydrogen-bond donors (Lipinski definition) is 0. The second-order valence-corrected chi connectivity index (χ2v) is 9.47. The molecule has 0 aliphatic carbocycles. The van der Waals surface area contributed by atoms with E-state index in [1.165, 1.54) is 0 Å². The molecule has 0 aromatic heterocycles. The Hall–Kier alpha value is -1.93. The summed E-state index contributed by atoms with van der Waals surface area (Å²) in [6.45, 7) is 1.91. The molecule has 0 bridgehead atoms. The van der Waals surface area contributed by atoms with Gasteiger partial charge in [-0.1, -0.05) is 42.5 Å². The minimum atomic E-state index is -3.39. The van der Waals surface area contributed by atoms with Gasteiger partial charge in [-0.3, -0.25) is 4.84 Å². The molecule has 7 heteroatoms. The van der Waals surface area contributed by atoms with Gasteiger partial charge in [0.15, 0.2) is 0 Å². The lowest BCUT2D eigenvalue weighted by Crippen LogP contribution is -2.41. The van der Waals surface area contributed by atoms with Gasteiger partial charge in [-0.15, -0.1) is 0 Å². The first-order chi connectivity index (χ1) is 13.6. The lowest BCUT2D eigenvalue weighted by atomic mass is 10.0. The second kappa shape index (κ2) is 8.21. The summed E-state index contributed by atoms with van der Waals surface area (Å²) in [5, 5.41) is 1.07. The molecule has 4 rings (SSSR count). The van der Waals surface area contributed by atoms with E-state index in [0.29, 0.717) is 19.7 Å². The van der Waals surface area contributed by atoms with Crippen LogP contribution in [0.2, 0.25) is 0 Å². The number of rotatable bonds is 6. The average Bonchev–Trinajstić information content (AvgIpc) is 3.38. The van der Waals surface area contributed by atoms with Crippen molar-refractivity contribution in [3.8, 4) is 5.75 Å². The van der Waals surface area contributed by atoms with E-state index in [2.05, 4.69) is 0 Å². The third-order valence-electron chi connectivity index (χ3n) is 5.46. The Kier molecular flexibility index (Phi) is 5.68. The van der Waals surface area contributed by atoms with Crippen LogP contribution >= 0.6 is 0 Å². The molecule has 150 valence electrons. The van der Waals surface area contributed by atoms with Crippen LogP contribution in [0.25, 0.3) is 0 Å². The van der Waals surface area contributed by atoms with Crippen molar-refractivity contribution in [2.24, 2.45) is 0 Å². The van der Waals surface area contributed by atoms with E-state index in [1.54, 1.807) is 16.4 Å². The van der Waals surface area contributed by atoms with Crippen LogP contribution in [0.15, 0.2) is 54.6 Å². The summed E-state index contributed by atoms with van der Waals surface area (Å²) >= 11 is 0. The summed E-state index contributed by atoms with van der Waals surface area (Å²) in [5.41, 5.74) is 2.02. The Morgan fingerprint density at radius 1 is 1.04 bits per heavy atom. The summed E-state index contributed by atoms with van der Waals surface area (Å²) in [6.07, 6.45) is 1.86. The highest BCUT2D eigenvalue weighted by Crippen LogP contribution is 2.36. The lowest BCUT2D eigenvalue weighted by molar-refractivity contribution is -0.110. The van der Waals surface area contributed by atoms with E-state index in [0.717, 1.165) is 29.7 Å². The third-order valence-corrected chi connectivity index (χ3v) is 7.71. The van der Waals surface area contributed by atoms with Gasteiger partial charge in [0.1, 0.15) is 17.6 Å². The van der Waals surface area contributed by atoms with Crippen molar-refractivity contribution in [3.63, 3.8) is 0 Å². The molecule has 2 saturated heterocycles. The highest BCUT2D eigenvalue weighted by molar-refractivity contribution is 7.89. The molecule has 2 unspecified atom stereocenters. The fourth-order valence-electron chi connectivity index (χ4n) is 3.91. The van der Waals surface area contributed by atoms with E-state index in [9.17, 15) is 8.42 Å². The molecule has 0 radical (unpaired) electrons. The Morgan fingerprint density at radius 3 is 2.39 bits per heavy atom. The van der Waals surface area contributed by atoms with Gasteiger partial charge >= 0.3 is 0 Å². The quantitative estimate of drug-likeness (QED) is 0.744. The van der Waals surface area contributed by atoms with Crippen molar-refractivity contribution in [3.05, 3.63) is 65.7 Å². The van der Waals surface area contributed by atoms with Crippen molar-refractivity contribution in [1.82, 2.24) is 9.37 Å². The van der Waals surface area contributed by atoms with Crippen LogP contribution < -0.4 is 4.74 Å². The molecule has 2 aromatic rings. The maximum Gasteiger partial charge on any atom is 0.221 e. The number of benzene rings is 2. The van der Waals surface area contributed by atoms with Gasteiger partial charge in [0.25, 0.3) is 0 Å². The summed E-state index contributed by atoms with van der Waals surface area (Å²) in [7, 11) is -1.59. The predicted octanol–water partition coefficient (Wildman–Crippen LogP) is 2.98. The fraction of sp³-hybridized carbons (Fsp3) is 0.429. The van der Waals surface area contributed by atoms with Crippen LogP contribution in [0.3, 0.4) is 0 Å². The van der Waals surface area contributed by atoms with Gasteiger partial charge in [0, 0.05) is 20.1 Å². The van der Waals surface area contributed by atoms with Crippen LogP contribution in [-0.2, 0) is 21.5 Å². The van der Waals surface area contributed by atoms with Gasteiger partial charge in [0.2, 0.25) is 10.0 Å². The Labute approximate surface area is 166 Å². The molecule has 2 atom stereocenters. The third kappa shape index (κ3) is 3.93. The molecule has 2 aromatic carbocycles. The van der Waals surface area contributed by atoms with Crippen molar-refractivity contribution in [2.75, 3.05) is 26.7 Å². The highest BCUT2D eigenvalue weighted by atomic mass is 32.2. The van der Waals surface area contributed by atoms with Gasteiger partial charge in [-0.2, -0.15) is 5.06 Å². The molecule has 0 amide bonds. The van der Waals surface area contributed by atoms with Gasteiger partial charge in [-0.05, 0) is 36.1 Å². The molecule has 0 spiro atoms. The summed E-state index contributed by atoms with van der Waals surface area (Å²) in [5.74, 6) is 0.758. The van der Waals surface area contributed by atoms with Gasteiger partial charge in [0.05, 0.1) is 12.6 Å². The minimum Gasteiger partial charge on any atom is -0.489 e. The topological polar surface area (TPSA) is 59.1 Å². The van der Waals surface area contributed by atoms with E-state index in [1.807, 2.05) is 54.6 Å². The Bertz CT molecular complexity index is 880. The maximum absolute atomic E-state index is 13.1. The molecule has 0 N–H and O–H groups in total. The fourth-order valence-corrected chi connectivity index (χ4v) is 5.94. The monoisotopic (exact) mass is 402 g/mol. The summed E-state index contributed by atoms with van der Waals surface area (Å²) in [4.78, 5) is 5.61. The smallest absolute Gasteiger partial charge is 0.221 e. The van der Waals surface area contributed by atoms with E-state index in [4.69, 9.17) is 9.57 Å². The SMILES string of the molecule is CN1OCC(S(=O)(=O)N2CCCC2)C1c1ccc(OCc2ccccc2)cc1. The average molecular weight is 403 g/mol. The Morgan fingerprint density at radius 2 is 1.71 bits per heavy atom. The summed E-state index contributed by atoms with van der Waals surface area (Å²) in [6, 6.07) is 17.3. The number of hydroxylamine groups is 2. The van der Waals surface area contributed by atoms with Crippen molar-refractivity contribution >= 4 is 10.0 Å². The zero-order chi connectivity index (χ0) is 19.6. The molecule has 6 nitrogen and oxygen atoms in total. The lowest BCUT2D eigenvalue weighted by Gasteiger charge is -2.26. The van der Waals surface area contributed by atoms with Gasteiger partial charge < -0.3 is 4.74 Å². The molecule has 2 fully saturated rings. The van der Waals surface area contributed by atoms with Crippen LogP contribution in [0, 0.1) is 0 Å². The molecule has 28 heavy (non-hydrogen) atoms. The minimum absolute atomic E-state index is 0.187. The molecule has 2 aliphatic rings. The molecule has 2 aliphatic heterocycles. The number of sulfonamides is 1.